The van der Waals surface area contributed by atoms with E-state index >= 15 is 0 Å². The van der Waals surface area contributed by atoms with Gasteiger partial charge in [0.05, 0.1) is 11.3 Å². The zero-order chi connectivity index (χ0) is 23.3. The van der Waals surface area contributed by atoms with E-state index in [2.05, 4.69) is 42.5 Å². The predicted octanol–water partition coefficient (Wildman–Crippen LogP) is 4.46. The highest BCUT2D eigenvalue weighted by molar-refractivity contribution is 5.99. The van der Waals surface area contributed by atoms with E-state index < -0.39 is 17.8 Å². The minimum absolute atomic E-state index is 0.203. The summed E-state index contributed by atoms with van der Waals surface area (Å²) in [4.78, 5) is 25.0. The number of benzene rings is 2. The number of hydrogen-bond donors (Lipinski definition) is 2. The third-order valence-corrected chi connectivity index (χ3v) is 5.32. The van der Waals surface area contributed by atoms with Crippen LogP contribution in [0.3, 0.4) is 0 Å². The lowest BCUT2D eigenvalue weighted by Gasteiger charge is -2.35. The average Bonchev–Trinajstić information content (AvgIpc) is 2.80. The van der Waals surface area contributed by atoms with Crippen molar-refractivity contribution in [2.75, 3.05) is 41.7 Å². The molecule has 0 atom stereocenters. The lowest BCUT2D eigenvalue weighted by Crippen LogP contribution is -2.46. The molecule has 0 unspecified atom stereocenters. The van der Waals surface area contributed by atoms with Crippen molar-refractivity contribution in [2.45, 2.75) is 12.7 Å². The van der Waals surface area contributed by atoms with Gasteiger partial charge in [-0.3, -0.25) is 10.2 Å². The summed E-state index contributed by atoms with van der Waals surface area (Å²) in [5.41, 5.74) is 0.0146. The number of urea groups is 1. The van der Waals surface area contributed by atoms with Gasteiger partial charge in [-0.2, -0.15) is 13.2 Å². The first-order chi connectivity index (χ1) is 15.9. The second-order valence-electron chi connectivity index (χ2n) is 7.63. The molecule has 1 aliphatic heterocycles. The van der Waals surface area contributed by atoms with Crippen LogP contribution in [0, 0.1) is 0 Å². The lowest BCUT2D eigenvalue weighted by atomic mass is 10.1. The normalized spacial score (nSPS) is 14.7. The van der Waals surface area contributed by atoms with E-state index in [1.807, 2.05) is 18.2 Å². The van der Waals surface area contributed by atoms with E-state index in [-0.39, 0.29) is 11.5 Å². The Kier molecular flexibility index (Phi) is 6.74. The molecule has 1 aliphatic rings. The highest BCUT2D eigenvalue weighted by Gasteiger charge is 2.33. The van der Waals surface area contributed by atoms with E-state index in [1.54, 1.807) is 6.07 Å². The maximum absolute atomic E-state index is 13.1. The Morgan fingerprint density at radius 2 is 1.61 bits per heavy atom. The molecule has 1 fully saturated rings. The maximum Gasteiger partial charge on any atom is 0.418 e. The highest BCUT2D eigenvalue weighted by Crippen LogP contribution is 2.34. The molecule has 4 rings (SSSR count). The van der Waals surface area contributed by atoms with Gasteiger partial charge >= 0.3 is 12.2 Å². The number of carbonyl (C=O) groups excluding carboxylic acids is 1. The van der Waals surface area contributed by atoms with Crippen LogP contribution in [-0.2, 0) is 12.7 Å². The summed E-state index contributed by atoms with van der Waals surface area (Å²) in [6, 6.07) is 15.9. The molecule has 1 aromatic heterocycles. The molecular formula is C23H23F3N6O. The number of anilines is 3. The third-order valence-electron chi connectivity index (χ3n) is 5.32. The number of nitrogens with one attached hydrogen (secondary N) is 2. The Bertz CT molecular complexity index is 1080. The van der Waals surface area contributed by atoms with Crippen molar-refractivity contribution in [3.05, 3.63) is 78.1 Å². The zero-order valence-corrected chi connectivity index (χ0v) is 17.7. The van der Waals surface area contributed by atoms with Gasteiger partial charge in [-0.15, -0.1) is 0 Å². The van der Waals surface area contributed by atoms with Crippen LogP contribution in [-0.4, -0.2) is 47.1 Å². The molecule has 0 bridgehead atoms. The van der Waals surface area contributed by atoms with Crippen LogP contribution in [0.15, 0.2) is 67.0 Å². The molecule has 0 spiro atoms. The van der Waals surface area contributed by atoms with Crippen LogP contribution in [0.25, 0.3) is 0 Å². The SMILES string of the molecule is O=C(Nc1cc(N2CCN(Cc3ccccc3)CC2)ncn1)Nc1ccccc1C(F)(F)F. The largest absolute Gasteiger partial charge is 0.418 e. The number of halogens is 3. The van der Waals surface area contributed by atoms with Crippen LogP contribution in [0.2, 0.25) is 0 Å². The van der Waals surface area contributed by atoms with Crippen LogP contribution in [0.4, 0.5) is 35.3 Å². The number of para-hydroxylation sites is 1. The number of nitrogens with zero attached hydrogens (tertiary/aromatic N) is 4. The molecule has 3 aromatic rings. The van der Waals surface area contributed by atoms with Crippen molar-refractivity contribution in [2.24, 2.45) is 0 Å². The van der Waals surface area contributed by atoms with E-state index in [0.717, 1.165) is 38.8 Å². The maximum atomic E-state index is 13.1. The van der Waals surface area contributed by atoms with Gasteiger partial charge in [0.15, 0.2) is 0 Å². The number of hydrogen-bond acceptors (Lipinski definition) is 5. The number of alkyl halides is 3. The number of amides is 2. The van der Waals surface area contributed by atoms with Crippen molar-refractivity contribution in [1.29, 1.82) is 0 Å². The third kappa shape index (κ3) is 5.98. The first-order valence-corrected chi connectivity index (χ1v) is 10.5. The van der Waals surface area contributed by atoms with Crippen molar-refractivity contribution in [3.8, 4) is 0 Å². The Morgan fingerprint density at radius 3 is 2.33 bits per heavy atom. The fourth-order valence-corrected chi connectivity index (χ4v) is 3.67. The van der Waals surface area contributed by atoms with Crippen molar-refractivity contribution < 1.29 is 18.0 Å². The minimum Gasteiger partial charge on any atom is -0.354 e. The molecule has 0 radical (unpaired) electrons. The predicted molar refractivity (Wildman–Crippen MR) is 120 cm³/mol. The Morgan fingerprint density at radius 1 is 0.909 bits per heavy atom. The van der Waals surface area contributed by atoms with Crippen LogP contribution in [0.5, 0.6) is 0 Å². The summed E-state index contributed by atoms with van der Waals surface area (Å²) >= 11 is 0. The molecule has 172 valence electrons. The Hall–Kier alpha value is -3.66. The summed E-state index contributed by atoms with van der Waals surface area (Å²) in [5, 5.41) is 4.73. The van der Waals surface area contributed by atoms with Gasteiger partial charge in [0.2, 0.25) is 0 Å². The van der Waals surface area contributed by atoms with Gasteiger partial charge in [0.25, 0.3) is 0 Å². The number of piperazine rings is 1. The molecule has 10 heteroatoms. The zero-order valence-electron chi connectivity index (χ0n) is 17.7. The van der Waals surface area contributed by atoms with E-state index in [1.165, 1.54) is 30.1 Å². The van der Waals surface area contributed by atoms with Gasteiger partial charge < -0.3 is 10.2 Å². The first kappa shape index (κ1) is 22.5. The summed E-state index contributed by atoms with van der Waals surface area (Å²) in [6.07, 6.45) is -3.25. The van der Waals surface area contributed by atoms with Crippen molar-refractivity contribution in [1.82, 2.24) is 14.9 Å². The number of aromatic nitrogens is 2. The van der Waals surface area contributed by atoms with Crippen LogP contribution in [0.1, 0.15) is 11.1 Å². The van der Waals surface area contributed by atoms with Crippen molar-refractivity contribution in [3.63, 3.8) is 0 Å². The molecule has 0 aliphatic carbocycles. The molecule has 33 heavy (non-hydrogen) atoms. The molecule has 2 heterocycles. The molecule has 1 saturated heterocycles. The Labute approximate surface area is 189 Å². The molecule has 2 amide bonds. The van der Waals surface area contributed by atoms with Crippen LogP contribution < -0.4 is 15.5 Å². The summed E-state index contributed by atoms with van der Waals surface area (Å²) in [7, 11) is 0. The summed E-state index contributed by atoms with van der Waals surface area (Å²) in [6.45, 7) is 4.11. The fraction of sp³-hybridized carbons (Fsp3) is 0.261. The summed E-state index contributed by atoms with van der Waals surface area (Å²) in [5.74, 6) is 0.851. The lowest BCUT2D eigenvalue weighted by molar-refractivity contribution is -0.136. The van der Waals surface area contributed by atoms with E-state index in [0.29, 0.717) is 5.82 Å². The fourth-order valence-electron chi connectivity index (χ4n) is 3.67. The highest BCUT2D eigenvalue weighted by atomic mass is 19.4. The van der Waals surface area contributed by atoms with E-state index in [9.17, 15) is 18.0 Å². The average molecular weight is 456 g/mol. The second kappa shape index (κ2) is 9.86. The molecule has 2 aromatic carbocycles. The van der Waals surface area contributed by atoms with Crippen LogP contribution >= 0.6 is 0 Å². The van der Waals surface area contributed by atoms with Crippen molar-refractivity contribution >= 4 is 23.4 Å². The monoisotopic (exact) mass is 456 g/mol. The van der Waals surface area contributed by atoms with Gasteiger partial charge in [-0.05, 0) is 17.7 Å². The molecule has 0 saturated carbocycles. The van der Waals surface area contributed by atoms with Gasteiger partial charge in [-0.25, -0.2) is 14.8 Å². The van der Waals surface area contributed by atoms with Gasteiger partial charge in [0, 0.05) is 38.8 Å². The number of rotatable bonds is 5. The van der Waals surface area contributed by atoms with Gasteiger partial charge in [0.1, 0.15) is 18.0 Å². The minimum atomic E-state index is -4.57. The topological polar surface area (TPSA) is 73.4 Å². The molecule has 2 N–H and O–H groups in total. The molecule has 7 nitrogen and oxygen atoms in total. The summed E-state index contributed by atoms with van der Waals surface area (Å²) < 4.78 is 39.4. The van der Waals surface area contributed by atoms with Gasteiger partial charge in [-0.1, -0.05) is 42.5 Å². The second-order valence-corrected chi connectivity index (χ2v) is 7.63. The molecular weight excluding hydrogens is 433 g/mol. The Balaban J connectivity index is 1.35. The smallest absolute Gasteiger partial charge is 0.354 e. The van der Waals surface area contributed by atoms with E-state index in [4.69, 9.17) is 0 Å². The quantitative estimate of drug-likeness (QED) is 0.593. The first-order valence-electron chi connectivity index (χ1n) is 10.5. The number of carbonyl (C=O) groups is 1. The standard InChI is InChI=1S/C23H23F3N6O/c24-23(25,26)18-8-4-5-9-19(18)29-22(33)30-20-14-21(28-16-27-20)32-12-10-31(11-13-32)15-17-6-2-1-3-7-17/h1-9,14,16H,10-13,15H2,(H2,27,28,29,30,33).